The highest BCUT2D eigenvalue weighted by Gasteiger charge is 2.63. The standard InChI is InChI=1S/C16H25N3O3/c1-4-11(3)22-10-17-12(5-2)13-8-16(6-7-16)14-9-18(13)15(20)19(14)21/h5,11,13-14,21H,2,4,6-10H2,1,3H3/b17-12+/t11?,13-,14?/m0/s1. The lowest BCUT2D eigenvalue weighted by atomic mass is 9.83. The highest BCUT2D eigenvalue weighted by molar-refractivity contribution is 6.01. The van der Waals surface area contributed by atoms with Crippen LogP contribution in [0, 0.1) is 5.41 Å². The van der Waals surface area contributed by atoms with Gasteiger partial charge in [-0.3, -0.25) is 10.2 Å². The fourth-order valence-electron chi connectivity index (χ4n) is 3.58. The minimum absolute atomic E-state index is 0.0568. The summed E-state index contributed by atoms with van der Waals surface area (Å²) in [5.41, 5.74) is 0.861. The van der Waals surface area contributed by atoms with Gasteiger partial charge in [-0.1, -0.05) is 13.5 Å². The molecular weight excluding hydrogens is 282 g/mol. The number of nitrogens with zero attached hydrogens (tertiary/aromatic N) is 3. The summed E-state index contributed by atoms with van der Waals surface area (Å²) in [4.78, 5) is 18.5. The van der Waals surface area contributed by atoms with E-state index in [-0.39, 0.29) is 36.4 Å². The van der Waals surface area contributed by atoms with E-state index in [0.717, 1.165) is 36.5 Å². The maximum absolute atomic E-state index is 12.2. The van der Waals surface area contributed by atoms with Crippen LogP contribution in [0.1, 0.15) is 39.5 Å². The van der Waals surface area contributed by atoms with Gasteiger partial charge in [0.05, 0.1) is 23.9 Å². The second-order valence-electron chi connectivity index (χ2n) is 6.68. The molecule has 1 saturated carbocycles. The Morgan fingerprint density at radius 2 is 2.36 bits per heavy atom. The lowest BCUT2D eigenvalue weighted by Gasteiger charge is -2.36. The van der Waals surface area contributed by atoms with Crippen LogP contribution in [0.5, 0.6) is 0 Å². The van der Waals surface area contributed by atoms with Gasteiger partial charge in [0, 0.05) is 6.54 Å². The molecule has 2 amide bonds. The van der Waals surface area contributed by atoms with E-state index in [1.165, 1.54) is 0 Å². The number of ether oxygens (including phenoxy) is 1. The summed E-state index contributed by atoms with van der Waals surface area (Å²) < 4.78 is 5.61. The Morgan fingerprint density at radius 3 is 2.95 bits per heavy atom. The number of urea groups is 1. The van der Waals surface area contributed by atoms with E-state index in [2.05, 4.69) is 18.5 Å². The zero-order valence-electron chi connectivity index (χ0n) is 13.4. The van der Waals surface area contributed by atoms with E-state index in [9.17, 15) is 10.0 Å². The van der Waals surface area contributed by atoms with E-state index < -0.39 is 0 Å². The Balaban J connectivity index is 1.76. The monoisotopic (exact) mass is 307 g/mol. The predicted octanol–water partition coefficient (Wildman–Crippen LogP) is 2.43. The number of carbonyl (C=O) groups excluding carboxylic acids is 1. The molecule has 122 valence electrons. The van der Waals surface area contributed by atoms with Gasteiger partial charge in [-0.2, -0.15) is 0 Å². The first-order valence-electron chi connectivity index (χ1n) is 8.09. The van der Waals surface area contributed by atoms with Crippen LogP contribution in [0.4, 0.5) is 4.79 Å². The zero-order chi connectivity index (χ0) is 15.9. The first-order chi connectivity index (χ1) is 10.5. The smallest absolute Gasteiger partial charge is 0.344 e. The Kier molecular flexibility index (Phi) is 3.99. The zero-order valence-corrected chi connectivity index (χ0v) is 13.4. The molecule has 2 bridgehead atoms. The molecule has 2 heterocycles. The van der Waals surface area contributed by atoms with E-state index in [0.29, 0.717) is 6.54 Å². The highest BCUT2D eigenvalue weighted by atomic mass is 16.5. The van der Waals surface area contributed by atoms with Crippen molar-refractivity contribution in [3.05, 3.63) is 12.7 Å². The number of carbonyl (C=O) groups is 1. The molecule has 3 fully saturated rings. The van der Waals surface area contributed by atoms with Crippen molar-refractivity contribution in [3.63, 3.8) is 0 Å². The van der Waals surface area contributed by atoms with Crippen molar-refractivity contribution in [1.82, 2.24) is 9.96 Å². The van der Waals surface area contributed by atoms with Gasteiger partial charge in [0.15, 0.2) is 0 Å². The molecule has 2 saturated heterocycles. The predicted molar refractivity (Wildman–Crippen MR) is 82.9 cm³/mol. The van der Waals surface area contributed by atoms with Crippen LogP contribution in [0.2, 0.25) is 0 Å². The van der Waals surface area contributed by atoms with Crippen molar-refractivity contribution in [2.75, 3.05) is 13.3 Å². The van der Waals surface area contributed by atoms with Crippen LogP contribution >= 0.6 is 0 Å². The lowest BCUT2D eigenvalue weighted by molar-refractivity contribution is -0.0775. The molecule has 2 unspecified atom stereocenters. The molecule has 0 aromatic rings. The van der Waals surface area contributed by atoms with E-state index in [4.69, 9.17) is 4.74 Å². The molecule has 1 aliphatic carbocycles. The van der Waals surface area contributed by atoms with Gasteiger partial charge in [0.25, 0.3) is 0 Å². The number of hydrogen-bond acceptors (Lipinski definition) is 4. The highest BCUT2D eigenvalue weighted by Crippen LogP contribution is 2.58. The SMILES string of the molecule is C=C/C(=N\COC(C)CC)[C@@H]1CC2(CC2)C2CN1C(=O)N2O. The Hall–Kier alpha value is -1.40. The van der Waals surface area contributed by atoms with Crippen molar-refractivity contribution < 1.29 is 14.7 Å². The number of piperidine rings is 1. The number of hydrogen-bond donors (Lipinski definition) is 1. The fraction of sp³-hybridized carbons (Fsp3) is 0.750. The molecule has 6 heteroatoms. The fourth-order valence-corrected chi connectivity index (χ4v) is 3.58. The first-order valence-corrected chi connectivity index (χ1v) is 8.09. The summed E-state index contributed by atoms with van der Waals surface area (Å²) in [7, 11) is 0. The van der Waals surface area contributed by atoms with Crippen LogP contribution in [-0.4, -0.2) is 58.4 Å². The average molecular weight is 307 g/mol. The van der Waals surface area contributed by atoms with Crippen LogP contribution < -0.4 is 0 Å². The maximum Gasteiger partial charge on any atom is 0.344 e. The van der Waals surface area contributed by atoms with Gasteiger partial charge < -0.3 is 9.64 Å². The molecule has 3 rings (SSSR count). The minimum Gasteiger partial charge on any atom is -0.356 e. The third-order valence-electron chi connectivity index (χ3n) is 5.41. The summed E-state index contributed by atoms with van der Waals surface area (Å²) in [5.74, 6) is 0. The third-order valence-corrected chi connectivity index (χ3v) is 5.41. The molecule has 1 N–H and O–H groups in total. The number of aliphatic imine (C=N–C) groups is 1. The summed E-state index contributed by atoms with van der Waals surface area (Å²) in [6.45, 7) is 8.80. The van der Waals surface area contributed by atoms with Gasteiger partial charge in [0.2, 0.25) is 0 Å². The summed E-state index contributed by atoms with van der Waals surface area (Å²) >= 11 is 0. The molecular formula is C16H25N3O3. The van der Waals surface area contributed by atoms with E-state index >= 15 is 0 Å². The molecule has 3 atom stereocenters. The van der Waals surface area contributed by atoms with Crippen molar-refractivity contribution in [1.29, 1.82) is 0 Å². The maximum atomic E-state index is 12.2. The van der Waals surface area contributed by atoms with Gasteiger partial charge >= 0.3 is 6.03 Å². The lowest BCUT2D eigenvalue weighted by Crippen LogP contribution is -2.48. The van der Waals surface area contributed by atoms with Gasteiger partial charge in [-0.15, -0.1) is 0 Å². The average Bonchev–Trinajstić information content (AvgIpc) is 3.24. The molecule has 22 heavy (non-hydrogen) atoms. The van der Waals surface area contributed by atoms with Gasteiger partial charge in [-0.25, -0.2) is 9.86 Å². The minimum atomic E-state index is -0.309. The van der Waals surface area contributed by atoms with Gasteiger partial charge in [0.1, 0.15) is 6.73 Å². The van der Waals surface area contributed by atoms with Crippen molar-refractivity contribution >= 4 is 11.7 Å². The summed E-state index contributed by atoms with van der Waals surface area (Å²) in [5, 5.41) is 11.0. The topological polar surface area (TPSA) is 65.4 Å². The second-order valence-corrected chi connectivity index (χ2v) is 6.68. The summed E-state index contributed by atoms with van der Waals surface area (Å²) in [6, 6.07) is -0.462. The van der Waals surface area contributed by atoms with Crippen LogP contribution in [0.15, 0.2) is 17.6 Å². The molecule has 6 nitrogen and oxygen atoms in total. The van der Waals surface area contributed by atoms with Crippen LogP contribution in [0.25, 0.3) is 0 Å². The number of hydroxylamine groups is 2. The molecule has 0 aromatic heterocycles. The second kappa shape index (κ2) is 5.66. The van der Waals surface area contributed by atoms with Crippen molar-refractivity contribution in [2.45, 2.75) is 57.7 Å². The van der Waals surface area contributed by atoms with Crippen LogP contribution in [-0.2, 0) is 4.74 Å². The van der Waals surface area contributed by atoms with Gasteiger partial charge in [-0.05, 0) is 44.1 Å². The number of rotatable bonds is 6. The molecule has 3 aliphatic rings. The van der Waals surface area contributed by atoms with Crippen molar-refractivity contribution in [2.24, 2.45) is 10.4 Å². The molecule has 1 spiro atoms. The van der Waals surface area contributed by atoms with Crippen LogP contribution in [0.3, 0.4) is 0 Å². The van der Waals surface area contributed by atoms with E-state index in [1.54, 1.807) is 11.0 Å². The molecule has 2 aliphatic heterocycles. The van der Waals surface area contributed by atoms with Crippen molar-refractivity contribution in [3.8, 4) is 0 Å². The number of amides is 2. The number of fused-ring (bicyclic) bond motifs is 3. The summed E-state index contributed by atoms with van der Waals surface area (Å²) in [6.07, 6.45) is 5.82. The molecule has 0 radical (unpaired) electrons. The Bertz CT molecular complexity index is 501. The first kappa shape index (κ1) is 15.5. The Morgan fingerprint density at radius 1 is 1.64 bits per heavy atom. The largest absolute Gasteiger partial charge is 0.356 e. The normalized spacial score (nSPS) is 30.9. The van der Waals surface area contributed by atoms with E-state index in [1.807, 2.05) is 6.92 Å². The quantitative estimate of drug-likeness (QED) is 0.605. The third kappa shape index (κ3) is 2.44. The Labute approximate surface area is 131 Å². The molecule has 0 aromatic carbocycles.